The molecule has 1 aromatic rings. The highest BCUT2D eigenvalue weighted by Crippen LogP contribution is 2.30. The van der Waals surface area contributed by atoms with Gasteiger partial charge in [0.15, 0.2) is 6.29 Å². The van der Waals surface area contributed by atoms with Gasteiger partial charge in [-0.25, -0.2) is 0 Å². The molecule has 2 atom stereocenters. The van der Waals surface area contributed by atoms with Crippen LogP contribution in [0.4, 0.5) is 0 Å². The second-order valence-corrected chi connectivity index (χ2v) is 3.81. The average Bonchev–Trinajstić information content (AvgIpc) is 2.72. The van der Waals surface area contributed by atoms with Gasteiger partial charge in [-0.2, -0.15) is 5.10 Å². The third-order valence-corrected chi connectivity index (χ3v) is 2.97. The summed E-state index contributed by atoms with van der Waals surface area (Å²) >= 11 is 0. The van der Waals surface area contributed by atoms with E-state index in [1.807, 2.05) is 6.92 Å². The molecule has 1 aliphatic rings. The van der Waals surface area contributed by atoms with Gasteiger partial charge in [0.1, 0.15) is 0 Å². The summed E-state index contributed by atoms with van der Waals surface area (Å²) in [6.07, 6.45) is 4.87. The molecule has 1 heterocycles. The Balaban J connectivity index is 2.31. The minimum Gasteiger partial charge on any atom is -0.391 e. The van der Waals surface area contributed by atoms with Crippen molar-refractivity contribution in [2.24, 2.45) is 0 Å². The van der Waals surface area contributed by atoms with Gasteiger partial charge in [0.25, 0.3) is 0 Å². The number of aliphatic hydroxyl groups is 1. The first-order valence-corrected chi connectivity index (χ1v) is 4.91. The lowest BCUT2D eigenvalue weighted by Crippen LogP contribution is -2.20. The van der Waals surface area contributed by atoms with Crippen LogP contribution in [0.5, 0.6) is 0 Å². The van der Waals surface area contributed by atoms with Crippen molar-refractivity contribution in [2.75, 3.05) is 0 Å². The molecule has 4 heteroatoms. The van der Waals surface area contributed by atoms with Crippen LogP contribution in [0.3, 0.4) is 0 Å². The van der Waals surface area contributed by atoms with Crippen LogP contribution >= 0.6 is 0 Å². The van der Waals surface area contributed by atoms with Crippen LogP contribution in [0, 0.1) is 6.92 Å². The normalized spacial score (nSPS) is 26.7. The van der Waals surface area contributed by atoms with E-state index in [-0.39, 0.29) is 12.1 Å². The molecule has 1 saturated carbocycles. The minimum atomic E-state index is -0.312. The Morgan fingerprint density at radius 3 is 2.93 bits per heavy atom. The molecule has 0 aliphatic heterocycles. The topological polar surface area (TPSA) is 55.1 Å². The van der Waals surface area contributed by atoms with Gasteiger partial charge in [0, 0.05) is 5.69 Å². The summed E-state index contributed by atoms with van der Waals surface area (Å²) in [7, 11) is 0. The summed E-state index contributed by atoms with van der Waals surface area (Å²) in [6, 6.07) is 0.0590. The van der Waals surface area contributed by atoms with E-state index < -0.39 is 0 Å². The molecule has 4 nitrogen and oxygen atoms in total. The maximum Gasteiger partial charge on any atom is 0.153 e. The molecule has 0 radical (unpaired) electrons. The van der Waals surface area contributed by atoms with Gasteiger partial charge in [-0.1, -0.05) is 0 Å². The van der Waals surface area contributed by atoms with Gasteiger partial charge in [-0.05, 0) is 26.2 Å². The fourth-order valence-corrected chi connectivity index (χ4v) is 2.09. The number of rotatable bonds is 2. The lowest BCUT2D eigenvalue weighted by Gasteiger charge is -2.16. The third kappa shape index (κ3) is 1.35. The van der Waals surface area contributed by atoms with Crippen molar-refractivity contribution < 1.29 is 9.90 Å². The van der Waals surface area contributed by atoms with Crippen LogP contribution < -0.4 is 0 Å². The fourth-order valence-electron chi connectivity index (χ4n) is 2.09. The largest absolute Gasteiger partial charge is 0.391 e. The fraction of sp³-hybridized carbons (Fsp3) is 0.600. The monoisotopic (exact) mass is 194 g/mol. The smallest absolute Gasteiger partial charge is 0.153 e. The Kier molecular flexibility index (Phi) is 2.37. The van der Waals surface area contributed by atoms with E-state index in [0.29, 0.717) is 5.56 Å². The van der Waals surface area contributed by atoms with Gasteiger partial charge in [-0.3, -0.25) is 9.48 Å². The highest BCUT2D eigenvalue weighted by molar-refractivity contribution is 5.75. The molecule has 0 bridgehead atoms. The van der Waals surface area contributed by atoms with Crippen LogP contribution in [0.15, 0.2) is 6.20 Å². The van der Waals surface area contributed by atoms with E-state index in [1.54, 1.807) is 10.9 Å². The lowest BCUT2D eigenvalue weighted by atomic mass is 10.2. The van der Waals surface area contributed by atoms with Gasteiger partial charge >= 0.3 is 0 Å². The molecule has 1 fully saturated rings. The first-order valence-electron chi connectivity index (χ1n) is 4.91. The molecule has 2 unspecified atom stereocenters. The van der Waals surface area contributed by atoms with Crippen LogP contribution in [0.2, 0.25) is 0 Å². The predicted octanol–water partition coefficient (Wildman–Crippen LogP) is 1.09. The molecule has 0 amide bonds. The minimum absolute atomic E-state index is 0.0590. The van der Waals surface area contributed by atoms with Gasteiger partial charge in [0.05, 0.1) is 23.9 Å². The molecule has 76 valence electrons. The van der Waals surface area contributed by atoms with E-state index in [0.717, 1.165) is 31.2 Å². The molecule has 0 saturated heterocycles. The van der Waals surface area contributed by atoms with Crippen LogP contribution in [-0.2, 0) is 0 Å². The second-order valence-electron chi connectivity index (χ2n) is 3.81. The van der Waals surface area contributed by atoms with E-state index in [9.17, 15) is 9.90 Å². The number of aldehydes is 1. The van der Waals surface area contributed by atoms with Gasteiger partial charge in [0.2, 0.25) is 0 Å². The Labute approximate surface area is 82.5 Å². The van der Waals surface area contributed by atoms with Crippen LogP contribution in [0.25, 0.3) is 0 Å². The van der Waals surface area contributed by atoms with E-state index in [4.69, 9.17) is 0 Å². The summed E-state index contributed by atoms with van der Waals surface area (Å²) in [5, 5.41) is 13.8. The number of hydrogen-bond donors (Lipinski definition) is 1. The average molecular weight is 194 g/mol. The highest BCUT2D eigenvalue weighted by Gasteiger charge is 2.28. The Bertz CT molecular complexity index is 346. The van der Waals surface area contributed by atoms with Crippen molar-refractivity contribution in [1.82, 2.24) is 9.78 Å². The zero-order chi connectivity index (χ0) is 10.1. The molecular weight excluding hydrogens is 180 g/mol. The van der Waals surface area contributed by atoms with Crippen molar-refractivity contribution in [1.29, 1.82) is 0 Å². The van der Waals surface area contributed by atoms with E-state index in [1.165, 1.54) is 0 Å². The lowest BCUT2D eigenvalue weighted by molar-refractivity contribution is 0.112. The molecule has 0 aromatic carbocycles. The van der Waals surface area contributed by atoms with Crippen LogP contribution in [-0.4, -0.2) is 27.3 Å². The van der Waals surface area contributed by atoms with Gasteiger partial charge in [-0.15, -0.1) is 0 Å². The number of carbonyl (C=O) groups is 1. The molecule has 1 aromatic heterocycles. The maximum atomic E-state index is 10.6. The summed E-state index contributed by atoms with van der Waals surface area (Å²) in [5.74, 6) is 0. The Morgan fingerprint density at radius 1 is 1.64 bits per heavy atom. The number of aliphatic hydroxyl groups excluding tert-OH is 1. The predicted molar refractivity (Wildman–Crippen MR) is 51.2 cm³/mol. The number of nitrogens with zero attached hydrogens (tertiary/aromatic N) is 2. The molecule has 0 spiro atoms. The number of hydrogen-bond acceptors (Lipinski definition) is 3. The molecule has 1 aliphatic carbocycles. The van der Waals surface area contributed by atoms with Crippen molar-refractivity contribution in [3.63, 3.8) is 0 Å². The van der Waals surface area contributed by atoms with E-state index in [2.05, 4.69) is 5.10 Å². The first kappa shape index (κ1) is 9.40. The zero-order valence-corrected chi connectivity index (χ0v) is 8.18. The standard InChI is InChI=1S/C10H14N2O2/c1-7-8(6-13)5-11-12(7)9-3-2-4-10(9)14/h5-6,9-10,14H,2-4H2,1H3. The van der Waals surface area contributed by atoms with E-state index >= 15 is 0 Å². The number of aromatic nitrogens is 2. The van der Waals surface area contributed by atoms with Crippen molar-refractivity contribution in [3.05, 3.63) is 17.5 Å². The van der Waals surface area contributed by atoms with Crippen molar-refractivity contribution >= 4 is 6.29 Å². The SMILES string of the molecule is Cc1c(C=O)cnn1C1CCCC1O. The second kappa shape index (κ2) is 3.53. The highest BCUT2D eigenvalue weighted by atomic mass is 16.3. The molecule has 2 rings (SSSR count). The van der Waals surface area contributed by atoms with Crippen molar-refractivity contribution in [2.45, 2.75) is 38.3 Å². The number of carbonyl (C=O) groups excluding carboxylic acids is 1. The summed E-state index contributed by atoms with van der Waals surface area (Å²) in [4.78, 5) is 10.6. The first-order chi connectivity index (χ1) is 6.74. The zero-order valence-electron chi connectivity index (χ0n) is 8.18. The summed E-state index contributed by atoms with van der Waals surface area (Å²) < 4.78 is 1.78. The third-order valence-electron chi connectivity index (χ3n) is 2.97. The van der Waals surface area contributed by atoms with Crippen molar-refractivity contribution in [3.8, 4) is 0 Å². The molecule has 1 N–H and O–H groups in total. The Morgan fingerprint density at radius 2 is 2.43 bits per heavy atom. The maximum absolute atomic E-state index is 10.6. The molecule has 14 heavy (non-hydrogen) atoms. The quantitative estimate of drug-likeness (QED) is 0.717. The van der Waals surface area contributed by atoms with Gasteiger partial charge < -0.3 is 5.11 Å². The summed E-state index contributed by atoms with van der Waals surface area (Å²) in [5.41, 5.74) is 1.47. The molecular formula is C10H14N2O2. The summed E-state index contributed by atoms with van der Waals surface area (Å²) in [6.45, 7) is 1.86. The van der Waals surface area contributed by atoms with Crippen LogP contribution in [0.1, 0.15) is 41.4 Å². The Hall–Kier alpha value is -1.16.